The number of sulfone groups is 1. The number of amides is 1. The Hall–Kier alpha value is -1.12. The van der Waals surface area contributed by atoms with Crippen molar-refractivity contribution in [1.29, 1.82) is 0 Å². The highest BCUT2D eigenvalue weighted by Crippen LogP contribution is 2.19. The minimum absolute atomic E-state index is 0.0662. The molecule has 1 saturated heterocycles. The van der Waals surface area contributed by atoms with Gasteiger partial charge in [0.1, 0.15) is 0 Å². The topological polar surface area (TPSA) is 97.4 Å². The zero-order chi connectivity index (χ0) is 15.7. The van der Waals surface area contributed by atoms with Crippen molar-refractivity contribution in [3.8, 4) is 0 Å². The largest absolute Gasteiger partial charge is 0.351 e. The third kappa shape index (κ3) is 3.96. The minimum atomic E-state index is -3.82. The van der Waals surface area contributed by atoms with Crippen LogP contribution in [0.5, 0.6) is 0 Å². The molecular formula is C12H14ClNO5S2. The molecule has 0 spiro atoms. The standard InChI is InChI=1S/C12H14ClNO5S2/c13-21(18,19)10-5-3-9(4-6-10)12(15)14-8-11-2-1-7-20(11,16)17/h3-6,11H,1-2,7-8H2,(H,14,15). The Morgan fingerprint density at radius 2 is 1.90 bits per heavy atom. The lowest BCUT2D eigenvalue weighted by Gasteiger charge is -2.10. The van der Waals surface area contributed by atoms with Crippen LogP contribution in [0.2, 0.25) is 0 Å². The summed E-state index contributed by atoms with van der Waals surface area (Å²) in [6.07, 6.45) is 1.16. The Balaban J connectivity index is 2.01. The normalized spacial score (nSPS) is 21.1. The Labute approximate surface area is 127 Å². The van der Waals surface area contributed by atoms with Gasteiger partial charge in [-0.25, -0.2) is 16.8 Å². The van der Waals surface area contributed by atoms with E-state index in [9.17, 15) is 21.6 Å². The van der Waals surface area contributed by atoms with Crippen molar-refractivity contribution in [2.45, 2.75) is 23.0 Å². The van der Waals surface area contributed by atoms with Crippen LogP contribution >= 0.6 is 10.7 Å². The maximum atomic E-state index is 11.9. The Morgan fingerprint density at radius 1 is 1.29 bits per heavy atom. The molecule has 6 nitrogen and oxygen atoms in total. The Morgan fingerprint density at radius 3 is 2.38 bits per heavy atom. The number of hydrogen-bond acceptors (Lipinski definition) is 5. The van der Waals surface area contributed by atoms with Gasteiger partial charge in [-0.05, 0) is 37.1 Å². The molecule has 2 rings (SSSR count). The smallest absolute Gasteiger partial charge is 0.261 e. The van der Waals surface area contributed by atoms with Crippen molar-refractivity contribution in [1.82, 2.24) is 5.32 Å². The number of carbonyl (C=O) groups excluding carboxylic acids is 1. The molecule has 1 unspecified atom stereocenters. The first kappa shape index (κ1) is 16.3. The molecule has 1 aromatic rings. The fraction of sp³-hybridized carbons (Fsp3) is 0.417. The summed E-state index contributed by atoms with van der Waals surface area (Å²) in [6, 6.07) is 5.11. The second kappa shape index (κ2) is 5.94. The van der Waals surface area contributed by atoms with E-state index in [0.717, 1.165) is 0 Å². The monoisotopic (exact) mass is 351 g/mol. The molecule has 0 bridgehead atoms. The third-order valence-corrected chi connectivity index (χ3v) is 7.00. The van der Waals surface area contributed by atoms with Crippen LogP contribution in [0, 0.1) is 0 Å². The SMILES string of the molecule is O=C(NCC1CCCS1(=O)=O)c1ccc(S(=O)(=O)Cl)cc1. The predicted octanol–water partition coefficient (Wildman–Crippen LogP) is 0.921. The second-order valence-electron chi connectivity index (χ2n) is 4.80. The first-order valence-electron chi connectivity index (χ1n) is 6.25. The van der Waals surface area contributed by atoms with Gasteiger partial charge in [-0.2, -0.15) is 0 Å². The fourth-order valence-corrected chi connectivity index (χ4v) is 4.70. The maximum Gasteiger partial charge on any atom is 0.261 e. The molecule has 1 amide bonds. The van der Waals surface area contributed by atoms with Crippen molar-refractivity contribution in [2.24, 2.45) is 0 Å². The molecular weight excluding hydrogens is 338 g/mol. The average Bonchev–Trinajstić information content (AvgIpc) is 2.74. The summed E-state index contributed by atoms with van der Waals surface area (Å²) in [5, 5.41) is 2.02. The van der Waals surface area contributed by atoms with Crippen molar-refractivity contribution >= 4 is 35.5 Å². The van der Waals surface area contributed by atoms with Crippen molar-refractivity contribution in [3.63, 3.8) is 0 Å². The molecule has 1 atom stereocenters. The van der Waals surface area contributed by atoms with E-state index in [1.807, 2.05) is 0 Å². The van der Waals surface area contributed by atoms with Crippen LogP contribution < -0.4 is 5.32 Å². The highest BCUT2D eigenvalue weighted by molar-refractivity contribution is 8.13. The first-order valence-corrected chi connectivity index (χ1v) is 10.3. The summed E-state index contributed by atoms with van der Waals surface area (Å²) < 4.78 is 45.4. The van der Waals surface area contributed by atoms with E-state index in [1.165, 1.54) is 24.3 Å². The van der Waals surface area contributed by atoms with Crippen LogP contribution in [0.4, 0.5) is 0 Å². The molecule has 1 aliphatic heterocycles. The molecule has 1 heterocycles. The van der Waals surface area contributed by atoms with Gasteiger partial charge < -0.3 is 5.32 Å². The fourth-order valence-electron chi connectivity index (χ4n) is 2.16. The van der Waals surface area contributed by atoms with E-state index in [2.05, 4.69) is 5.32 Å². The van der Waals surface area contributed by atoms with Gasteiger partial charge in [0.2, 0.25) is 0 Å². The van der Waals surface area contributed by atoms with E-state index in [4.69, 9.17) is 10.7 Å². The van der Waals surface area contributed by atoms with Crippen LogP contribution in [-0.4, -0.2) is 40.3 Å². The lowest BCUT2D eigenvalue weighted by molar-refractivity contribution is 0.0953. The number of carbonyl (C=O) groups is 1. The molecule has 0 aromatic heterocycles. The van der Waals surface area contributed by atoms with Crippen molar-refractivity contribution < 1.29 is 21.6 Å². The summed E-state index contributed by atoms with van der Waals surface area (Å²) in [4.78, 5) is 11.8. The molecule has 116 valence electrons. The van der Waals surface area contributed by atoms with E-state index in [0.29, 0.717) is 12.8 Å². The van der Waals surface area contributed by atoms with Crippen LogP contribution in [0.15, 0.2) is 29.2 Å². The molecule has 0 aliphatic carbocycles. The highest BCUT2D eigenvalue weighted by Gasteiger charge is 2.31. The number of hydrogen-bond donors (Lipinski definition) is 1. The van der Waals surface area contributed by atoms with Gasteiger partial charge in [-0.15, -0.1) is 0 Å². The number of nitrogens with one attached hydrogen (secondary N) is 1. The van der Waals surface area contributed by atoms with Crippen molar-refractivity contribution in [3.05, 3.63) is 29.8 Å². The van der Waals surface area contributed by atoms with Gasteiger partial charge in [0.15, 0.2) is 9.84 Å². The first-order chi connectivity index (χ1) is 9.70. The van der Waals surface area contributed by atoms with Crippen LogP contribution in [-0.2, 0) is 18.9 Å². The van der Waals surface area contributed by atoms with Crippen molar-refractivity contribution in [2.75, 3.05) is 12.3 Å². The lowest BCUT2D eigenvalue weighted by Crippen LogP contribution is -2.34. The Kier molecular flexibility index (Phi) is 4.60. The van der Waals surface area contributed by atoms with E-state index >= 15 is 0 Å². The quantitative estimate of drug-likeness (QED) is 0.813. The van der Waals surface area contributed by atoms with E-state index < -0.39 is 30.0 Å². The molecule has 1 aliphatic rings. The summed E-state index contributed by atoms with van der Waals surface area (Å²) >= 11 is 0. The van der Waals surface area contributed by atoms with Crippen LogP contribution in [0.3, 0.4) is 0 Å². The Bertz CT molecular complexity index is 740. The van der Waals surface area contributed by atoms with Gasteiger partial charge in [0.05, 0.1) is 15.9 Å². The van der Waals surface area contributed by atoms with Gasteiger partial charge >= 0.3 is 0 Å². The maximum absolute atomic E-state index is 11.9. The predicted molar refractivity (Wildman–Crippen MR) is 78.6 cm³/mol. The molecule has 1 fully saturated rings. The second-order valence-corrected chi connectivity index (χ2v) is 9.77. The highest BCUT2D eigenvalue weighted by atomic mass is 35.7. The molecule has 1 aromatic carbocycles. The summed E-state index contributed by atoms with van der Waals surface area (Å²) in [5.74, 6) is -0.286. The molecule has 0 saturated carbocycles. The van der Waals surface area contributed by atoms with Crippen LogP contribution in [0.1, 0.15) is 23.2 Å². The zero-order valence-electron chi connectivity index (χ0n) is 11.0. The number of benzene rings is 1. The van der Waals surface area contributed by atoms with E-state index in [1.54, 1.807) is 0 Å². The summed E-state index contributed by atoms with van der Waals surface area (Å²) in [6.45, 7) is 0.0662. The average molecular weight is 352 g/mol. The van der Waals surface area contributed by atoms with Gasteiger partial charge in [0, 0.05) is 22.8 Å². The van der Waals surface area contributed by atoms with Gasteiger partial charge in [-0.3, -0.25) is 4.79 Å². The van der Waals surface area contributed by atoms with Gasteiger partial charge in [-0.1, -0.05) is 0 Å². The molecule has 21 heavy (non-hydrogen) atoms. The zero-order valence-corrected chi connectivity index (χ0v) is 13.3. The lowest BCUT2D eigenvalue weighted by atomic mass is 10.2. The molecule has 0 radical (unpaired) electrons. The summed E-state index contributed by atoms with van der Waals surface area (Å²) in [5.41, 5.74) is 0.245. The summed E-state index contributed by atoms with van der Waals surface area (Å²) in [7, 11) is -1.75. The van der Waals surface area contributed by atoms with E-state index in [-0.39, 0.29) is 22.8 Å². The molecule has 1 N–H and O–H groups in total. The molecule has 9 heteroatoms. The number of rotatable bonds is 4. The minimum Gasteiger partial charge on any atom is -0.351 e. The van der Waals surface area contributed by atoms with Gasteiger partial charge in [0.25, 0.3) is 15.0 Å². The van der Waals surface area contributed by atoms with Crippen LogP contribution in [0.25, 0.3) is 0 Å². The number of halogens is 1. The third-order valence-electron chi connectivity index (χ3n) is 3.35.